The number of nitrogen functional groups attached to an aromatic ring is 1. The lowest BCUT2D eigenvalue weighted by Gasteiger charge is -2.22. The van der Waals surface area contributed by atoms with E-state index in [1.54, 1.807) is 0 Å². The molecule has 2 rings (SSSR count). The van der Waals surface area contributed by atoms with Crippen LogP contribution in [0.1, 0.15) is 31.7 Å². The minimum Gasteiger partial charge on any atom is -0.398 e. The normalized spacial score (nSPS) is 21.9. The molecule has 2 N–H and O–H groups in total. The van der Waals surface area contributed by atoms with Crippen LogP contribution in [0.15, 0.2) is 12.3 Å². The van der Waals surface area contributed by atoms with E-state index in [4.69, 9.17) is 5.73 Å². The Hall–Kier alpha value is -1.25. The van der Waals surface area contributed by atoms with Crippen LogP contribution in [0.25, 0.3) is 0 Å². The van der Waals surface area contributed by atoms with Gasteiger partial charge in [-0.25, -0.2) is 4.98 Å². The molecule has 1 fully saturated rings. The first-order valence-electron chi connectivity index (χ1n) is 6.14. The Morgan fingerprint density at radius 3 is 2.94 bits per heavy atom. The van der Waals surface area contributed by atoms with Crippen LogP contribution in [0, 0.1) is 12.8 Å². The van der Waals surface area contributed by atoms with E-state index in [1.165, 1.54) is 19.3 Å². The van der Waals surface area contributed by atoms with Crippen LogP contribution < -0.4 is 10.6 Å². The number of hydrogen-bond acceptors (Lipinski definition) is 3. The fourth-order valence-electron chi connectivity index (χ4n) is 2.19. The first-order valence-corrected chi connectivity index (χ1v) is 6.14. The van der Waals surface area contributed by atoms with Crippen molar-refractivity contribution in [3.8, 4) is 0 Å². The van der Waals surface area contributed by atoms with Crippen molar-refractivity contribution in [3.05, 3.63) is 17.8 Å². The fraction of sp³-hybridized carbons (Fsp3) is 0.615. The molecule has 0 saturated carbocycles. The van der Waals surface area contributed by atoms with Gasteiger partial charge < -0.3 is 10.6 Å². The van der Waals surface area contributed by atoms with Gasteiger partial charge in [-0.15, -0.1) is 0 Å². The van der Waals surface area contributed by atoms with E-state index in [-0.39, 0.29) is 0 Å². The summed E-state index contributed by atoms with van der Waals surface area (Å²) in [4.78, 5) is 6.84. The maximum Gasteiger partial charge on any atom is 0.130 e. The van der Waals surface area contributed by atoms with E-state index in [0.29, 0.717) is 0 Å². The second kappa shape index (κ2) is 4.73. The van der Waals surface area contributed by atoms with E-state index >= 15 is 0 Å². The third-order valence-corrected chi connectivity index (χ3v) is 3.47. The SMILES string of the molecule is Cc1cnc(N2CCCC(C)CC2)cc1N. The number of aromatic nitrogens is 1. The molecule has 1 aliphatic heterocycles. The van der Waals surface area contributed by atoms with E-state index < -0.39 is 0 Å². The van der Waals surface area contributed by atoms with Crippen LogP contribution in [-0.4, -0.2) is 18.1 Å². The topological polar surface area (TPSA) is 42.2 Å². The van der Waals surface area contributed by atoms with Crippen molar-refractivity contribution in [3.63, 3.8) is 0 Å². The molecule has 3 nitrogen and oxygen atoms in total. The Kier molecular flexibility index (Phi) is 3.32. The van der Waals surface area contributed by atoms with Gasteiger partial charge in [-0.2, -0.15) is 0 Å². The summed E-state index contributed by atoms with van der Waals surface area (Å²) in [5, 5.41) is 0. The molecular weight excluding hydrogens is 198 g/mol. The standard InChI is InChI=1S/C13H21N3/c1-10-4-3-6-16(7-5-10)13-8-12(14)11(2)9-15-13/h8-10H,3-7H2,1-2H3,(H2,14,15). The summed E-state index contributed by atoms with van der Waals surface area (Å²) in [6, 6.07) is 2.01. The average Bonchev–Trinajstić information content (AvgIpc) is 2.47. The Bertz CT molecular complexity index is 362. The minimum absolute atomic E-state index is 0.841. The van der Waals surface area contributed by atoms with Crippen molar-refractivity contribution >= 4 is 11.5 Å². The summed E-state index contributed by atoms with van der Waals surface area (Å²) in [6.45, 7) is 6.55. The highest BCUT2D eigenvalue weighted by molar-refractivity contribution is 5.54. The second-order valence-corrected chi connectivity index (χ2v) is 4.92. The molecule has 1 aliphatic rings. The molecule has 16 heavy (non-hydrogen) atoms. The predicted octanol–water partition coefficient (Wildman–Crippen LogP) is 2.60. The van der Waals surface area contributed by atoms with Gasteiger partial charge >= 0.3 is 0 Å². The van der Waals surface area contributed by atoms with Crippen molar-refractivity contribution in [1.29, 1.82) is 0 Å². The molecular formula is C13H21N3. The van der Waals surface area contributed by atoms with Crippen LogP contribution >= 0.6 is 0 Å². The lowest BCUT2D eigenvalue weighted by atomic mass is 10.0. The predicted molar refractivity (Wildman–Crippen MR) is 68.6 cm³/mol. The molecule has 88 valence electrons. The summed E-state index contributed by atoms with van der Waals surface area (Å²) in [5.74, 6) is 1.88. The monoisotopic (exact) mass is 219 g/mol. The quantitative estimate of drug-likeness (QED) is 0.789. The van der Waals surface area contributed by atoms with E-state index in [0.717, 1.165) is 36.1 Å². The Labute approximate surface area is 97.7 Å². The van der Waals surface area contributed by atoms with Gasteiger partial charge in [0.25, 0.3) is 0 Å². The summed E-state index contributed by atoms with van der Waals surface area (Å²) >= 11 is 0. The molecule has 1 aromatic heterocycles. The van der Waals surface area contributed by atoms with Crippen molar-refractivity contribution < 1.29 is 0 Å². The molecule has 0 amide bonds. The van der Waals surface area contributed by atoms with Crippen LogP contribution in [0.3, 0.4) is 0 Å². The smallest absolute Gasteiger partial charge is 0.130 e. The highest BCUT2D eigenvalue weighted by Gasteiger charge is 2.15. The van der Waals surface area contributed by atoms with Gasteiger partial charge in [-0.1, -0.05) is 6.92 Å². The molecule has 1 atom stereocenters. The van der Waals surface area contributed by atoms with Gasteiger partial charge in [0.1, 0.15) is 5.82 Å². The third-order valence-electron chi connectivity index (χ3n) is 3.47. The summed E-state index contributed by atoms with van der Waals surface area (Å²) in [6.07, 6.45) is 5.73. The van der Waals surface area contributed by atoms with Gasteiger partial charge in [0.2, 0.25) is 0 Å². The number of aryl methyl sites for hydroxylation is 1. The number of nitrogens with zero attached hydrogens (tertiary/aromatic N) is 2. The second-order valence-electron chi connectivity index (χ2n) is 4.92. The van der Waals surface area contributed by atoms with Crippen molar-refractivity contribution in [1.82, 2.24) is 4.98 Å². The zero-order valence-electron chi connectivity index (χ0n) is 10.2. The maximum absolute atomic E-state index is 5.93. The molecule has 0 aromatic carbocycles. The molecule has 1 aromatic rings. The highest BCUT2D eigenvalue weighted by atomic mass is 15.2. The van der Waals surface area contributed by atoms with E-state index in [1.807, 2.05) is 19.2 Å². The zero-order valence-corrected chi connectivity index (χ0v) is 10.2. The van der Waals surface area contributed by atoms with Crippen molar-refractivity contribution in [2.24, 2.45) is 5.92 Å². The lowest BCUT2D eigenvalue weighted by molar-refractivity contribution is 0.521. The Morgan fingerprint density at radius 2 is 2.19 bits per heavy atom. The highest BCUT2D eigenvalue weighted by Crippen LogP contribution is 2.23. The van der Waals surface area contributed by atoms with E-state index in [2.05, 4.69) is 16.8 Å². The van der Waals surface area contributed by atoms with Crippen molar-refractivity contribution in [2.75, 3.05) is 23.7 Å². The average molecular weight is 219 g/mol. The summed E-state index contributed by atoms with van der Waals surface area (Å²) < 4.78 is 0. The molecule has 1 saturated heterocycles. The fourth-order valence-corrected chi connectivity index (χ4v) is 2.19. The van der Waals surface area contributed by atoms with Crippen LogP contribution in [-0.2, 0) is 0 Å². The van der Waals surface area contributed by atoms with Gasteiger partial charge in [0, 0.05) is 31.0 Å². The molecule has 0 radical (unpaired) electrons. The minimum atomic E-state index is 0.841. The number of pyridine rings is 1. The molecule has 0 bridgehead atoms. The maximum atomic E-state index is 5.93. The van der Waals surface area contributed by atoms with Crippen LogP contribution in [0.5, 0.6) is 0 Å². The number of nitrogens with two attached hydrogens (primary N) is 1. The number of hydrogen-bond donors (Lipinski definition) is 1. The van der Waals surface area contributed by atoms with Crippen molar-refractivity contribution in [2.45, 2.75) is 33.1 Å². The lowest BCUT2D eigenvalue weighted by Crippen LogP contribution is -2.25. The van der Waals surface area contributed by atoms with Crippen LogP contribution in [0.2, 0.25) is 0 Å². The zero-order chi connectivity index (χ0) is 11.5. The first kappa shape index (κ1) is 11.2. The Morgan fingerprint density at radius 1 is 1.38 bits per heavy atom. The number of rotatable bonds is 1. The van der Waals surface area contributed by atoms with Gasteiger partial charge in [-0.05, 0) is 37.7 Å². The summed E-state index contributed by atoms with van der Waals surface area (Å²) in [7, 11) is 0. The van der Waals surface area contributed by atoms with Crippen LogP contribution in [0.4, 0.5) is 11.5 Å². The summed E-state index contributed by atoms with van der Waals surface area (Å²) in [5.41, 5.74) is 7.84. The Balaban J connectivity index is 2.13. The van der Waals surface area contributed by atoms with Gasteiger partial charge in [0.05, 0.1) is 0 Å². The third kappa shape index (κ3) is 2.46. The van der Waals surface area contributed by atoms with E-state index in [9.17, 15) is 0 Å². The molecule has 2 heterocycles. The molecule has 0 aliphatic carbocycles. The molecule has 3 heteroatoms. The largest absolute Gasteiger partial charge is 0.398 e. The van der Waals surface area contributed by atoms with Gasteiger partial charge in [-0.3, -0.25) is 0 Å². The number of anilines is 2. The van der Waals surface area contributed by atoms with Gasteiger partial charge in [0.15, 0.2) is 0 Å². The molecule has 0 spiro atoms. The molecule has 1 unspecified atom stereocenters. The first-order chi connectivity index (χ1) is 7.66.